The van der Waals surface area contributed by atoms with Gasteiger partial charge in [-0.15, -0.1) is 13.2 Å². The van der Waals surface area contributed by atoms with E-state index in [1.165, 1.54) is 49.2 Å². The maximum absolute atomic E-state index is 12.7. The van der Waals surface area contributed by atoms with E-state index in [2.05, 4.69) is 15.0 Å². The van der Waals surface area contributed by atoms with Gasteiger partial charge in [0.05, 0.1) is 16.5 Å². The number of halogens is 3. The third-order valence-electron chi connectivity index (χ3n) is 5.10. The van der Waals surface area contributed by atoms with Crippen molar-refractivity contribution in [2.75, 3.05) is 7.05 Å². The van der Waals surface area contributed by atoms with Gasteiger partial charge in [-0.05, 0) is 37.8 Å². The van der Waals surface area contributed by atoms with Crippen LogP contribution in [-0.4, -0.2) is 24.4 Å². The van der Waals surface area contributed by atoms with Crippen LogP contribution < -0.4 is 10.1 Å². The molecule has 4 nitrogen and oxygen atoms in total. The van der Waals surface area contributed by atoms with Crippen LogP contribution in [0.3, 0.4) is 0 Å². The lowest BCUT2D eigenvalue weighted by Gasteiger charge is -2.24. The van der Waals surface area contributed by atoms with Crippen molar-refractivity contribution >= 4 is 22.7 Å². The Morgan fingerprint density at radius 2 is 1.90 bits per heavy atom. The Kier molecular flexibility index (Phi) is 9.27. The Bertz CT molecular complexity index is 785. The second kappa shape index (κ2) is 11.4. The van der Waals surface area contributed by atoms with Crippen LogP contribution in [0.1, 0.15) is 57.9 Å². The number of benzene rings is 1. The molecule has 1 aromatic rings. The summed E-state index contributed by atoms with van der Waals surface area (Å²) in [7, 11) is 1.77. The molecule has 0 aromatic heterocycles. The second-order valence-electron chi connectivity index (χ2n) is 7.34. The van der Waals surface area contributed by atoms with Gasteiger partial charge in [-0.3, -0.25) is 9.79 Å². The molecule has 30 heavy (non-hydrogen) atoms. The van der Waals surface area contributed by atoms with E-state index in [1.54, 1.807) is 13.1 Å². The van der Waals surface area contributed by atoms with Gasteiger partial charge in [0, 0.05) is 18.5 Å². The number of allylic oxidation sites excluding steroid dienone is 1. The van der Waals surface area contributed by atoms with Crippen LogP contribution in [0, 0.1) is 5.92 Å². The first-order chi connectivity index (χ1) is 14.2. The number of amides is 1. The molecular formula is C22H29F3N2O2S. The predicted molar refractivity (Wildman–Crippen MR) is 115 cm³/mol. The number of para-hydroxylation sites is 1. The van der Waals surface area contributed by atoms with Gasteiger partial charge in [0.15, 0.2) is 0 Å². The predicted octanol–water partition coefficient (Wildman–Crippen LogP) is 6.23. The molecule has 2 rings (SSSR count). The Morgan fingerprint density at radius 3 is 2.50 bits per heavy atom. The Hall–Kier alpha value is -1.96. The van der Waals surface area contributed by atoms with Gasteiger partial charge in [-0.25, -0.2) is 0 Å². The minimum absolute atomic E-state index is 0.183. The highest BCUT2D eigenvalue weighted by Crippen LogP contribution is 2.33. The van der Waals surface area contributed by atoms with Gasteiger partial charge < -0.3 is 10.1 Å². The summed E-state index contributed by atoms with van der Waals surface area (Å²) < 4.78 is 42.0. The number of nitrogens with one attached hydrogen (secondary N) is 1. The fourth-order valence-electron chi connectivity index (χ4n) is 3.36. The molecule has 0 saturated heterocycles. The average Bonchev–Trinajstić information content (AvgIpc) is 2.71. The largest absolute Gasteiger partial charge is 0.573 e. The van der Waals surface area contributed by atoms with Crippen LogP contribution in [0.25, 0.3) is 0 Å². The number of carbonyl (C=O) groups is 1. The Labute approximate surface area is 180 Å². The monoisotopic (exact) mass is 442 g/mol. The summed E-state index contributed by atoms with van der Waals surface area (Å²) in [6.45, 7) is 3.94. The maximum Gasteiger partial charge on any atom is 0.573 e. The molecular weight excluding hydrogens is 413 g/mol. The highest BCUT2D eigenvalue weighted by molar-refractivity contribution is 8.17. The van der Waals surface area contributed by atoms with E-state index in [9.17, 15) is 18.0 Å². The zero-order valence-corrected chi connectivity index (χ0v) is 18.5. The molecule has 0 unspecified atom stereocenters. The lowest BCUT2D eigenvalue weighted by atomic mass is 9.90. The summed E-state index contributed by atoms with van der Waals surface area (Å²) in [4.78, 5) is 17.1. The minimum atomic E-state index is -4.81. The van der Waals surface area contributed by atoms with Crippen molar-refractivity contribution < 1.29 is 22.7 Å². The van der Waals surface area contributed by atoms with E-state index in [-0.39, 0.29) is 23.6 Å². The number of alkyl halides is 3. The molecule has 1 N–H and O–H groups in total. The number of ether oxygens (including phenoxy) is 1. The quantitative estimate of drug-likeness (QED) is 0.402. The molecule has 0 bridgehead atoms. The van der Waals surface area contributed by atoms with Crippen LogP contribution in [0.4, 0.5) is 13.2 Å². The van der Waals surface area contributed by atoms with Gasteiger partial charge in [0.1, 0.15) is 5.75 Å². The third-order valence-corrected chi connectivity index (χ3v) is 6.48. The van der Waals surface area contributed by atoms with Crippen molar-refractivity contribution in [1.29, 1.82) is 0 Å². The molecule has 1 aliphatic rings. The second-order valence-corrected chi connectivity index (χ2v) is 8.37. The van der Waals surface area contributed by atoms with E-state index < -0.39 is 6.36 Å². The minimum Gasteiger partial charge on any atom is -0.405 e. The smallest absolute Gasteiger partial charge is 0.405 e. The molecule has 0 aliphatic heterocycles. The van der Waals surface area contributed by atoms with Crippen LogP contribution in [0.2, 0.25) is 0 Å². The van der Waals surface area contributed by atoms with Crippen molar-refractivity contribution in [1.82, 2.24) is 5.32 Å². The summed E-state index contributed by atoms with van der Waals surface area (Å²) in [6.07, 6.45) is 1.51. The number of carbonyl (C=O) groups excluding carboxylic acids is 1. The molecule has 1 amide bonds. The van der Waals surface area contributed by atoms with Gasteiger partial charge in [-0.2, -0.15) is 0 Å². The SMILES string of the molecule is CC/C(C)=C(/NC(=O)Cc1ccccc1OC(F)(F)F)SC(=NC)C1CCCCC1. The number of nitrogens with zero attached hydrogens (tertiary/aromatic N) is 1. The van der Waals surface area contributed by atoms with E-state index in [0.717, 1.165) is 29.9 Å². The van der Waals surface area contributed by atoms with Gasteiger partial charge >= 0.3 is 6.36 Å². The molecule has 1 aromatic carbocycles. The topological polar surface area (TPSA) is 50.7 Å². The first kappa shape index (κ1) is 24.3. The van der Waals surface area contributed by atoms with Crippen LogP contribution in [0.5, 0.6) is 5.75 Å². The van der Waals surface area contributed by atoms with E-state index >= 15 is 0 Å². The van der Waals surface area contributed by atoms with Crippen molar-refractivity contribution in [3.05, 3.63) is 40.4 Å². The van der Waals surface area contributed by atoms with Gasteiger partial charge in [-0.1, -0.05) is 56.1 Å². The van der Waals surface area contributed by atoms with Gasteiger partial charge in [0.2, 0.25) is 5.91 Å². The highest BCUT2D eigenvalue weighted by Gasteiger charge is 2.32. The number of hydrogen-bond donors (Lipinski definition) is 1. The standard InChI is InChI=1S/C22H29F3N2O2S/c1-4-15(2)20(30-21(26-3)16-10-6-5-7-11-16)27-19(28)14-17-12-8-9-13-18(17)29-22(23,24)25/h8-9,12-13,16H,4-7,10-11,14H2,1-3H3,(H,27,28)/b20-15-,26-21?. The molecule has 1 fully saturated rings. The first-order valence-corrected chi connectivity index (χ1v) is 11.0. The van der Waals surface area contributed by atoms with Crippen molar-refractivity contribution in [2.24, 2.45) is 10.9 Å². The number of rotatable bonds is 7. The lowest BCUT2D eigenvalue weighted by Crippen LogP contribution is -2.27. The Balaban J connectivity index is 2.11. The first-order valence-electron chi connectivity index (χ1n) is 10.2. The zero-order valence-electron chi connectivity index (χ0n) is 17.6. The average molecular weight is 443 g/mol. The molecule has 0 heterocycles. The normalized spacial score (nSPS) is 16.8. The molecule has 1 aliphatic carbocycles. The zero-order chi connectivity index (χ0) is 22.1. The number of thioether (sulfide) groups is 1. The summed E-state index contributed by atoms with van der Waals surface area (Å²) in [5.41, 5.74) is 1.19. The maximum atomic E-state index is 12.7. The van der Waals surface area contributed by atoms with E-state index in [0.29, 0.717) is 10.9 Å². The summed E-state index contributed by atoms with van der Waals surface area (Å²) in [6, 6.07) is 5.70. The summed E-state index contributed by atoms with van der Waals surface area (Å²) in [5.74, 6) is -0.350. The van der Waals surface area contributed by atoms with Crippen molar-refractivity contribution in [3.8, 4) is 5.75 Å². The molecule has 0 atom stereocenters. The lowest BCUT2D eigenvalue weighted by molar-refractivity contribution is -0.274. The van der Waals surface area contributed by atoms with E-state index in [4.69, 9.17) is 0 Å². The van der Waals surface area contributed by atoms with Crippen molar-refractivity contribution in [3.63, 3.8) is 0 Å². The highest BCUT2D eigenvalue weighted by atomic mass is 32.2. The molecule has 8 heteroatoms. The molecule has 0 radical (unpaired) electrons. The fourth-order valence-corrected chi connectivity index (χ4v) is 4.55. The summed E-state index contributed by atoms with van der Waals surface area (Å²) >= 11 is 1.47. The third kappa shape index (κ3) is 7.70. The number of aliphatic imine (C=N–C) groups is 1. The van der Waals surface area contributed by atoms with Crippen molar-refractivity contribution in [2.45, 2.75) is 65.2 Å². The molecule has 1 saturated carbocycles. The Morgan fingerprint density at radius 1 is 1.23 bits per heavy atom. The number of hydrogen-bond acceptors (Lipinski definition) is 4. The summed E-state index contributed by atoms with van der Waals surface area (Å²) in [5, 5.41) is 4.61. The molecule has 166 valence electrons. The van der Waals surface area contributed by atoms with Crippen LogP contribution in [-0.2, 0) is 11.2 Å². The van der Waals surface area contributed by atoms with Crippen LogP contribution in [0.15, 0.2) is 39.9 Å². The van der Waals surface area contributed by atoms with Crippen LogP contribution >= 0.6 is 11.8 Å². The van der Waals surface area contributed by atoms with Gasteiger partial charge in [0.25, 0.3) is 0 Å². The molecule has 0 spiro atoms. The van der Waals surface area contributed by atoms with E-state index in [1.807, 2.05) is 13.8 Å². The fraction of sp³-hybridized carbons (Fsp3) is 0.545.